The number of carbonyl (C=O) groups is 1. The van der Waals surface area contributed by atoms with E-state index in [2.05, 4.69) is 31.9 Å². The first-order valence-electron chi connectivity index (χ1n) is 6.53. The second-order valence-corrected chi connectivity index (χ2v) is 6.86. The lowest BCUT2D eigenvalue weighted by molar-refractivity contribution is -0.384. The monoisotopic (exact) mass is 425 g/mol. The normalized spacial score (nSPS) is 13.4. The minimum Gasteiger partial charge on any atom is -0.293 e. The van der Waals surface area contributed by atoms with Crippen LogP contribution < -0.4 is 0 Å². The summed E-state index contributed by atoms with van der Waals surface area (Å²) in [5.41, 5.74) is 2.54. The molecule has 2 aromatic carbocycles. The Morgan fingerprint density at radius 2 is 1.59 bits per heavy atom. The number of Topliss-reactive ketones (excluding diaryl/α,β-unsaturated/α-hetero) is 1. The van der Waals surface area contributed by atoms with Crippen molar-refractivity contribution >= 4 is 43.3 Å². The van der Waals surface area contributed by atoms with Gasteiger partial charge in [0.1, 0.15) is 0 Å². The molecule has 0 spiro atoms. The summed E-state index contributed by atoms with van der Waals surface area (Å²) in [5, 5.41) is 10.7. The highest BCUT2D eigenvalue weighted by atomic mass is 79.9. The fourth-order valence-electron chi connectivity index (χ4n) is 1.96. The van der Waals surface area contributed by atoms with Gasteiger partial charge in [0.05, 0.1) is 14.6 Å². The number of benzene rings is 2. The molecule has 0 aliphatic carbocycles. The van der Waals surface area contributed by atoms with E-state index in [4.69, 9.17) is 0 Å². The Hall–Kier alpha value is -1.53. The summed E-state index contributed by atoms with van der Waals surface area (Å²) in [6, 6.07) is 13.5. The van der Waals surface area contributed by atoms with Crippen molar-refractivity contribution in [3.63, 3.8) is 0 Å². The van der Waals surface area contributed by atoms with Gasteiger partial charge in [-0.25, -0.2) is 0 Å². The molecule has 6 heteroatoms. The van der Waals surface area contributed by atoms with E-state index in [9.17, 15) is 14.9 Å². The zero-order valence-electron chi connectivity index (χ0n) is 11.7. The molecule has 0 saturated heterocycles. The minimum absolute atomic E-state index is 0.0273. The Kier molecular flexibility index (Phi) is 5.47. The minimum atomic E-state index is -0.461. The molecular formula is C16H13Br2NO3. The third-order valence-electron chi connectivity index (χ3n) is 3.27. The zero-order chi connectivity index (χ0) is 16.3. The van der Waals surface area contributed by atoms with Crippen molar-refractivity contribution in [1.29, 1.82) is 0 Å². The molecule has 0 heterocycles. The Balaban J connectivity index is 2.17. The molecule has 2 unspecified atom stereocenters. The molecule has 2 atom stereocenters. The SMILES string of the molecule is Cc1ccc(C(=O)C(Br)C(Br)c2ccc([N+](=O)[O-])cc2)cc1. The summed E-state index contributed by atoms with van der Waals surface area (Å²) in [4.78, 5) is 21.9. The lowest BCUT2D eigenvalue weighted by atomic mass is 10.0. The van der Waals surface area contributed by atoms with Crippen LogP contribution in [0.5, 0.6) is 0 Å². The average molecular weight is 427 g/mol. The lowest BCUT2D eigenvalue weighted by Gasteiger charge is -2.16. The van der Waals surface area contributed by atoms with Crippen LogP contribution in [0.25, 0.3) is 0 Å². The molecule has 22 heavy (non-hydrogen) atoms. The molecule has 4 nitrogen and oxygen atoms in total. The van der Waals surface area contributed by atoms with E-state index in [0.29, 0.717) is 5.56 Å². The molecule has 0 saturated carbocycles. The summed E-state index contributed by atoms with van der Waals surface area (Å²) >= 11 is 6.91. The van der Waals surface area contributed by atoms with Crippen LogP contribution in [-0.2, 0) is 0 Å². The topological polar surface area (TPSA) is 60.2 Å². The molecule has 0 radical (unpaired) electrons. The van der Waals surface area contributed by atoms with Gasteiger partial charge in [0.15, 0.2) is 5.78 Å². The maximum absolute atomic E-state index is 12.5. The molecule has 0 N–H and O–H groups in total. The first-order chi connectivity index (χ1) is 10.4. The van der Waals surface area contributed by atoms with Gasteiger partial charge in [0.2, 0.25) is 0 Å². The number of ketones is 1. The van der Waals surface area contributed by atoms with Crippen LogP contribution in [0.4, 0.5) is 5.69 Å². The third kappa shape index (κ3) is 3.81. The van der Waals surface area contributed by atoms with Crippen molar-refractivity contribution in [1.82, 2.24) is 0 Å². The number of alkyl halides is 2. The number of halogens is 2. The van der Waals surface area contributed by atoms with Gasteiger partial charge < -0.3 is 0 Å². The van der Waals surface area contributed by atoms with Crippen molar-refractivity contribution in [2.24, 2.45) is 0 Å². The van der Waals surface area contributed by atoms with Gasteiger partial charge in [0, 0.05) is 17.7 Å². The Bertz CT molecular complexity index is 684. The van der Waals surface area contributed by atoms with Crippen LogP contribution in [0, 0.1) is 17.0 Å². The summed E-state index contributed by atoms with van der Waals surface area (Å²) < 4.78 is 0. The maximum Gasteiger partial charge on any atom is 0.269 e. The summed E-state index contributed by atoms with van der Waals surface area (Å²) in [5.74, 6) is -0.0415. The highest BCUT2D eigenvalue weighted by molar-refractivity contribution is 9.12. The predicted octanol–water partition coefficient (Wildman–Crippen LogP) is 4.99. The number of nitrogens with zero attached hydrogens (tertiary/aromatic N) is 1. The number of nitro groups is 1. The van der Waals surface area contributed by atoms with Crippen LogP contribution in [0.15, 0.2) is 48.5 Å². The molecule has 0 aromatic heterocycles. The van der Waals surface area contributed by atoms with E-state index in [1.807, 2.05) is 19.1 Å². The van der Waals surface area contributed by atoms with Crippen LogP contribution in [-0.4, -0.2) is 15.5 Å². The number of nitro benzene ring substituents is 1. The smallest absolute Gasteiger partial charge is 0.269 e. The van der Waals surface area contributed by atoms with Gasteiger partial charge >= 0.3 is 0 Å². The molecule has 0 aliphatic heterocycles. The van der Waals surface area contributed by atoms with Gasteiger partial charge in [-0.05, 0) is 12.5 Å². The lowest BCUT2D eigenvalue weighted by Crippen LogP contribution is -2.19. The van der Waals surface area contributed by atoms with E-state index >= 15 is 0 Å². The van der Waals surface area contributed by atoms with Crippen LogP contribution in [0.3, 0.4) is 0 Å². The van der Waals surface area contributed by atoms with E-state index < -0.39 is 9.75 Å². The van der Waals surface area contributed by atoms with Crippen LogP contribution in [0.1, 0.15) is 26.3 Å². The number of carbonyl (C=O) groups excluding carboxylic acids is 1. The first kappa shape index (κ1) is 16.8. The molecular weight excluding hydrogens is 414 g/mol. The average Bonchev–Trinajstić information content (AvgIpc) is 2.53. The summed E-state index contributed by atoms with van der Waals surface area (Å²) in [6.07, 6.45) is 0. The van der Waals surface area contributed by atoms with Crippen LogP contribution in [0.2, 0.25) is 0 Å². The van der Waals surface area contributed by atoms with Crippen molar-refractivity contribution in [3.05, 3.63) is 75.3 Å². The molecule has 0 aliphatic rings. The zero-order valence-corrected chi connectivity index (χ0v) is 14.9. The van der Waals surface area contributed by atoms with Crippen molar-refractivity contribution in [3.8, 4) is 0 Å². The van der Waals surface area contributed by atoms with Crippen molar-refractivity contribution < 1.29 is 9.72 Å². The van der Waals surface area contributed by atoms with Gasteiger partial charge in [-0.3, -0.25) is 14.9 Å². The highest BCUT2D eigenvalue weighted by Crippen LogP contribution is 2.34. The summed E-state index contributed by atoms with van der Waals surface area (Å²) in [6.45, 7) is 1.96. The van der Waals surface area contributed by atoms with E-state index in [0.717, 1.165) is 11.1 Å². The summed E-state index contributed by atoms with van der Waals surface area (Å²) in [7, 11) is 0. The first-order valence-corrected chi connectivity index (χ1v) is 8.36. The fraction of sp³-hybridized carbons (Fsp3) is 0.188. The highest BCUT2D eigenvalue weighted by Gasteiger charge is 2.26. The van der Waals surface area contributed by atoms with E-state index in [1.165, 1.54) is 12.1 Å². The standard InChI is InChI=1S/C16H13Br2NO3/c1-10-2-4-12(5-3-10)16(20)15(18)14(17)11-6-8-13(9-7-11)19(21)22/h2-9,14-15H,1H3. The Morgan fingerprint density at radius 1 is 1.05 bits per heavy atom. The van der Waals surface area contributed by atoms with E-state index in [-0.39, 0.29) is 16.3 Å². The van der Waals surface area contributed by atoms with Gasteiger partial charge in [-0.1, -0.05) is 73.8 Å². The molecule has 2 rings (SSSR count). The predicted molar refractivity (Wildman–Crippen MR) is 93.0 cm³/mol. The Labute approximate surface area is 144 Å². The Morgan fingerprint density at radius 3 is 2.09 bits per heavy atom. The molecule has 0 fully saturated rings. The molecule has 2 aromatic rings. The number of hydrogen-bond acceptors (Lipinski definition) is 3. The quantitative estimate of drug-likeness (QED) is 0.293. The van der Waals surface area contributed by atoms with E-state index in [1.54, 1.807) is 24.3 Å². The van der Waals surface area contributed by atoms with Crippen molar-refractivity contribution in [2.45, 2.75) is 16.6 Å². The van der Waals surface area contributed by atoms with Gasteiger partial charge in [-0.15, -0.1) is 0 Å². The third-order valence-corrected chi connectivity index (χ3v) is 5.98. The second kappa shape index (κ2) is 7.15. The van der Waals surface area contributed by atoms with Gasteiger partial charge in [-0.2, -0.15) is 0 Å². The van der Waals surface area contributed by atoms with Gasteiger partial charge in [0.25, 0.3) is 5.69 Å². The maximum atomic E-state index is 12.5. The number of rotatable bonds is 5. The number of non-ortho nitro benzene ring substituents is 1. The molecule has 0 amide bonds. The molecule has 114 valence electrons. The van der Waals surface area contributed by atoms with Crippen LogP contribution >= 0.6 is 31.9 Å². The molecule has 0 bridgehead atoms. The number of hydrogen-bond donors (Lipinski definition) is 0. The fourth-order valence-corrected chi connectivity index (χ4v) is 3.07. The second-order valence-electron chi connectivity index (χ2n) is 4.88. The number of aryl methyl sites for hydroxylation is 1. The van der Waals surface area contributed by atoms with Crippen molar-refractivity contribution in [2.75, 3.05) is 0 Å². The largest absolute Gasteiger partial charge is 0.293 e.